The molecule has 0 bridgehead atoms. The molecular weight excluding hydrogens is 1130 g/mol. The van der Waals surface area contributed by atoms with Crippen LogP contribution >= 0.6 is 0 Å². The topological polar surface area (TPSA) is 307 Å². The van der Waals surface area contributed by atoms with E-state index in [-0.39, 0.29) is 18.9 Å². The predicted octanol–water partition coefficient (Wildman–Crippen LogP) is 8.77. The van der Waals surface area contributed by atoms with Gasteiger partial charge in [-0.25, -0.2) is 0 Å². The Labute approximate surface area is 528 Å². The highest BCUT2D eigenvalue weighted by Crippen LogP contribution is 2.33. The number of carbonyl (C=O) groups excluding carboxylic acids is 1. The Morgan fingerprint density at radius 3 is 1.20 bits per heavy atom. The summed E-state index contributed by atoms with van der Waals surface area (Å²) < 4.78 is 34.3. The molecule has 3 aliphatic rings. The average molecular weight is 1250 g/mol. The van der Waals surface area contributed by atoms with Gasteiger partial charge >= 0.3 is 0 Å². The average Bonchev–Trinajstić information content (AvgIpc) is 1.80. The Hall–Kier alpha value is -2.51. The third kappa shape index (κ3) is 32.9. The van der Waals surface area contributed by atoms with E-state index in [4.69, 9.17) is 28.4 Å². The van der Waals surface area contributed by atoms with Crippen molar-refractivity contribution in [2.75, 3.05) is 26.4 Å². The number of ether oxygens (including phenoxy) is 6. The summed E-state index contributed by atoms with van der Waals surface area (Å²) in [6, 6.07) is -1.01. The minimum absolute atomic E-state index is 0.120. The molecule has 3 heterocycles. The van der Waals surface area contributed by atoms with E-state index in [1.165, 1.54) is 161 Å². The Kier molecular flexibility index (Phi) is 46.2. The first-order chi connectivity index (χ1) is 42.8. The second-order valence-corrected chi connectivity index (χ2v) is 24.6. The van der Waals surface area contributed by atoms with Crippen LogP contribution in [0.4, 0.5) is 0 Å². The maximum absolute atomic E-state index is 13.3. The number of aliphatic hydroxyl groups is 11. The van der Waals surface area contributed by atoms with E-state index in [0.717, 1.165) is 44.9 Å². The van der Waals surface area contributed by atoms with Crippen LogP contribution in [0, 0.1) is 0 Å². The van der Waals surface area contributed by atoms with Crippen molar-refractivity contribution >= 4 is 5.91 Å². The molecule has 1 amide bonds. The third-order valence-electron chi connectivity index (χ3n) is 17.1. The zero-order valence-corrected chi connectivity index (χ0v) is 53.9. The number of rotatable bonds is 52. The highest BCUT2D eigenvalue weighted by atomic mass is 16.8. The highest BCUT2D eigenvalue weighted by Gasteiger charge is 2.53. The van der Waals surface area contributed by atoms with E-state index in [2.05, 4.69) is 55.6 Å². The van der Waals surface area contributed by atoms with Gasteiger partial charge in [-0.15, -0.1) is 0 Å². The Morgan fingerprint density at radius 1 is 0.420 bits per heavy atom. The maximum Gasteiger partial charge on any atom is 0.220 e. The molecule has 0 aromatic rings. The van der Waals surface area contributed by atoms with E-state index < -0.39 is 124 Å². The largest absolute Gasteiger partial charge is 0.394 e. The number of hydrogen-bond donors (Lipinski definition) is 12. The van der Waals surface area contributed by atoms with Crippen molar-refractivity contribution in [1.29, 1.82) is 0 Å². The lowest BCUT2D eigenvalue weighted by Crippen LogP contribution is -2.66. The fourth-order valence-corrected chi connectivity index (χ4v) is 11.5. The molecule has 3 aliphatic heterocycles. The van der Waals surface area contributed by atoms with Gasteiger partial charge in [-0.1, -0.05) is 248 Å². The van der Waals surface area contributed by atoms with Gasteiger partial charge in [0.25, 0.3) is 0 Å². The summed E-state index contributed by atoms with van der Waals surface area (Å²) in [6.45, 7) is 1.56. The number of carbonyl (C=O) groups is 1. The van der Waals surface area contributed by atoms with Gasteiger partial charge in [-0.3, -0.25) is 4.79 Å². The first-order valence-electron chi connectivity index (χ1n) is 34.5. The molecule has 0 aliphatic carbocycles. The van der Waals surface area contributed by atoms with Crippen molar-refractivity contribution in [3.63, 3.8) is 0 Å². The second kappa shape index (κ2) is 51.0. The minimum Gasteiger partial charge on any atom is -0.394 e. The molecule has 0 spiro atoms. The van der Waals surface area contributed by atoms with Gasteiger partial charge in [0.05, 0.1) is 38.6 Å². The van der Waals surface area contributed by atoms with Crippen LogP contribution in [-0.4, -0.2) is 193 Å². The van der Waals surface area contributed by atoms with Crippen LogP contribution in [0.25, 0.3) is 0 Å². The number of nitrogens with one attached hydrogen (secondary N) is 1. The molecular formula is C69H123NO18. The lowest BCUT2D eigenvalue weighted by Gasteiger charge is -2.48. The number of hydrogen-bond acceptors (Lipinski definition) is 18. The van der Waals surface area contributed by atoms with Crippen LogP contribution in [0.5, 0.6) is 0 Å². The minimum atomic E-state index is -1.99. The molecule has 0 radical (unpaired) electrons. The van der Waals surface area contributed by atoms with Gasteiger partial charge in [0.1, 0.15) is 73.2 Å². The lowest BCUT2D eigenvalue weighted by atomic mass is 9.96. The number of aliphatic hydroxyl groups excluding tert-OH is 11. The van der Waals surface area contributed by atoms with Gasteiger partial charge in [-0.2, -0.15) is 0 Å². The van der Waals surface area contributed by atoms with Crippen molar-refractivity contribution in [3.05, 3.63) is 60.8 Å². The molecule has 3 rings (SSSR count). The van der Waals surface area contributed by atoms with Crippen LogP contribution in [0.2, 0.25) is 0 Å². The molecule has 17 atom stereocenters. The Bertz CT molecular complexity index is 1830. The molecule has 0 aromatic carbocycles. The van der Waals surface area contributed by atoms with E-state index in [9.17, 15) is 61.0 Å². The molecule has 3 saturated heterocycles. The summed E-state index contributed by atoms with van der Waals surface area (Å²) in [5.41, 5.74) is 0. The summed E-state index contributed by atoms with van der Waals surface area (Å²) in [5, 5.41) is 120. The molecule has 17 unspecified atom stereocenters. The summed E-state index contributed by atoms with van der Waals surface area (Å²) in [7, 11) is 0. The molecule has 88 heavy (non-hydrogen) atoms. The van der Waals surface area contributed by atoms with Gasteiger partial charge in [0, 0.05) is 6.42 Å². The van der Waals surface area contributed by atoms with Gasteiger partial charge in [-0.05, 0) is 44.9 Å². The predicted molar refractivity (Wildman–Crippen MR) is 342 cm³/mol. The summed E-state index contributed by atoms with van der Waals surface area (Å²) in [4.78, 5) is 13.3. The summed E-state index contributed by atoms with van der Waals surface area (Å²) in [6.07, 6.45) is 35.3. The fraction of sp³-hybridized carbons (Fsp3) is 0.841. The number of allylic oxidation sites excluding steroid dienone is 9. The van der Waals surface area contributed by atoms with Crippen molar-refractivity contribution in [2.45, 2.75) is 343 Å². The quantitative estimate of drug-likeness (QED) is 0.0200. The van der Waals surface area contributed by atoms with Gasteiger partial charge in [0.2, 0.25) is 5.91 Å². The first kappa shape index (κ1) is 79.7. The van der Waals surface area contributed by atoms with E-state index in [1.54, 1.807) is 6.08 Å². The highest BCUT2D eigenvalue weighted by molar-refractivity contribution is 5.76. The summed E-state index contributed by atoms with van der Waals surface area (Å²) in [5.74, 6) is -0.355. The normalized spacial score (nSPS) is 28.8. The number of amides is 1. The van der Waals surface area contributed by atoms with Crippen LogP contribution in [0.3, 0.4) is 0 Å². The third-order valence-corrected chi connectivity index (χ3v) is 17.1. The molecule has 3 fully saturated rings. The van der Waals surface area contributed by atoms with Crippen LogP contribution in [0.1, 0.15) is 239 Å². The molecule has 19 heteroatoms. The standard InChI is InChI=1S/C69H123NO18/c1-3-5-7-9-11-13-15-17-18-19-20-21-22-23-24-25-26-27-28-29-30-31-32-33-35-36-38-40-42-44-46-53(74)52(70-57(75)47-45-43-41-39-37-34-16-14-12-10-8-6-4-2)51-83-67-63(81)60(78)65(55(49-72)85-67)88-69-64(82)61(79)66(56(50-73)86-69)87-68-62(80)59(77)58(76)54(48-71)84-68/h6,8,12,14,34,37,41,43-44,46,52-56,58-69,71-74,76-82H,3-5,7,9-11,13,15-33,35-36,38-40,42,45,47-51H2,1-2H3,(H,70,75)/b8-6-,14-12-,37-34-,43-41-,46-44+. The van der Waals surface area contributed by atoms with E-state index in [1.807, 2.05) is 18.2 Å². The summed E-state index contributed by atoms with van der Waals surface area (Å²) >= 11 is 0. The van der Waals surface area contributed by atoms with Crippen LogP contribution < -0.4 is 5.32 Å². The molecule has 12 N–H and O–H groups in total. The zero-order valence-electron chi connectivity index (χ0n) is 53.9. The van der Waals surface area contributed by atoms with Gasteiger partial charge in [0.15, 0.2) is 18.9 Å². The monoisotopic (exact) mass is 1250 g/mol. The Balaban J connectivity index is 1.40. The molecule has 0 saturated carbocycles. The van der Waals surface area contributed by atoms with Crippen molar-refractivity contribution in [3.8, 4) is 0 Å². The zero-order chi connectivity index (χ0) is 64.0. The van der Waals surface area contributed by atoms with Crippen LogP contribution in [-0.2, 0) is 33.2 Å². The van der Waals surface area contributed by atoms with Crippen molar-refractivity contribution in [1.82, 2.24) is 5.32 Å². The first-order valence-corrected chi connectivity index (χ1v) is 34.5. The van der Waals surface area contributed by atoms with Crippen LogP contribution in [0.15, 0.2) is 60.8 Å². The smallest absolute Gasteiger partial charge is 0.220 e. The number of unbranched alkanes of at least 4 members (excludes halogenated alkanes) is 28. The van der Waals surface area contributed by atoms with Crippen molar-refractivity contribution in [2.24, 2.45) is 0 Å². The maximum atomic E-state index is 13.3. The molecule has 0 aromatic heterocycles. The van der Waals surface area contributed by atoms with E-state index in [0.29, 0.717) is 12.8 Å². The fourth-order valence-electron chi connectivity index (χ4n) is 11.5. The molecule has 512 valence electrons. The Morgan fingerprint density at radius 2 is 0.784 bits per heavy atom. The lowest BCUT2D eigenvalue weighted by molar-refractivity contribution is -0.379. The second-order valence-electron chi connectivity index (χ2n) is 24.6. The SMILES string of the molecule is CC/C=C\C/C=C\C/C=C\C/C=C\CCC(=O)NC(COC1OC(CO)C(OC2OC(CO)C(OC3OC(CO)C(O)C(O)C3O)C(O)C2O)C(O)C1O)C(O)/C=C/CCCCCCCCCCCCCCCCCCCCCCCCCCCCCC. The van der Waals surface area contributed by atoms with Crippen molar-refractivity contribution < 1.29 is 89.4 Å². The van der Waals surface area contributed by atoms with Gasteiger partial charge < -0.3 is 89.9 Å². The van der Waals surface area contributed by atoms with E-state index >= 15 is 0 Å². The molecule has 19 nitrogen and oxygen atoms in total.